The second-order valence-electron chi connectivity index (χ2n) is 6.56. The highest BCUT2D eigenvalue weighted by Gasteiger charge is 2.24. The van der Waals surface area contributed by atoms with Crippen molar-refractivity contribution >= 4 is 22.8 Å². The third-order valence-electron chi connectivity index (χ3n) is 3.54. The molecule has 1 aromatic heterocycles. The Morgan fingerprint density at radius 2 is 1.91 bits per heavy atom. The van der Waals surface area contributed by atoms with Crippen LogP contribution in [-0.4, -0.2) is 23.5 Å². The van der Waals surface area contributed by atoms with Gasteiger partial charge in [-0.05, 0) is 58.4 Å². The van der Waals surface area contributed by atoms with Gasteiger partial charge in [-0.15, -0.1) is 0 Å². The second-order valence-corrected chi connectivity index (χ2v) is 6.56. The highest BCUT2D eigenvalue weighted by atomic mass is 16.5. The Morgan fingerprint density at radius 3 is 2.52 bits per heavy atom. The number of esters is 2. The van der Waals surface area contributed by atoms with Crippen molar-refractivity contribution in [1.82, 2.24) is 4.98 Å². The molecule has 23 heavy (non-hydrogen) atoms. The number of carbonyl (C=O) groups excluding carboxylic acids is 2. The van der Waals surface area contributed by atoms with E-state index in [-0.39, 0.29) is 18.4 Å². The molecule has 1 aromatic carbocycles. The number of ether oxygens (including phenoxy) is 2. The van der Waals surface area contributed by atoms with Crippen molar-refractivity contribution < 1.29 is 19.1 Å². The van der Waals surface area contributed by atoms with E-state index in [1.807, 2.05) is 13.0 Å². The molecule has 0 amide bonds. The lowest BCUT2D eigenvalue weighted by Crippen LogP contribution is -2.25. The van der Waals surface area contributed by atoms with Gasteiger partial charge in [0, 0.05) is 16.6 Å². The Labute approximate surface area is 136 Å². The maximum absolute atomic E-state index is 12.0. The molecular weight excluding hydrogens is 294 g/mol. The number of hydrogen-bond donors (Lipinski definition) is 1. The minimum absolute atomic E-state index is 0.191. The van der Waals surface area contributed by atoms with Gasteiger partial charge in [-0.1, -0.05) is 0 Å². The summed E-state index contributed by atoms with van der Waals surface area (Å²) in [7, 11) is 0. The first kappa shape index (κ1) is 17.1. The van der Waals surface area contributed by atoms with Gasteiger partial charge in [-0.2, -0.15) is 0 Å². The summed E-state index contributed by atoms with van der Waals surface area (Å²) in [4.78, 5) is 27.0. The minimum atomic E-state index is -0.573. The van der Waals surface area contributed by atoms with Gasteiger partial charge in [0.1, 0.15) is 5.75 Å². The van der Waals surface area contributed by atoms with Crippen LogP contribution in [0.4, 0.5) is 0 Å². The monoisotopic (exact) mass is 317 g/mol. The number of nitrogens with one attached hydrogen (secondary N) is 1. The van der Waals surface area contributed by atoms with E-state index >= 15 is 0 Å². The predicted octanol–water partition coefficient (Wildman–Crippen LogP) is 3.53. The Balaban J connectivity index is 2.34. The zero-order valence-electron chi connectivity index (χ0n) is 14.3. The van der Waals surface area contributed by atoms with Gasteiger partial charge < -0.3 is 14.5 Å². The SMILES string of the molecule is CCOC(=O)Cc1c(C)[nH]c2ccc(OC(=O)C(C)(C)C)cc12. The van der Waals surface area contributed by atoms with Crippen LogP contribution in [0, 0.1) is 12.3 Å². The Bertz CT molecular complexity index is 737. The Morgan fingerprint density at radius 1 is 1.22 bits per heavy atom. The lowest BCUT2D eigenvalue weighted by Gasteiger charge is -2.16. The van der Waals surface area contributed by atoms with Gasteiger partial charge in [0.25, 0.3) is 0 Å². The molecule has 5 heteroatoms. The average Bonchev–Trinajstić information content (AvgIpc) is 2.74. The van der Waals surface area contributed by atoms with Crippen LogP contribution in [0.1, 0.15) is 39.0 Å². The van der Waals surface area contributed by atoms with E-state index in [0.717, 1.165) is 22.2 Å². The van der Waals surface area contributed by atoms with E-state index < -0.39 is 5.41 Å². The topological polar surface area (TPSA) is 68.4 Å². The lowest BCUT2D eigenvalue weighted by atomic mass is 9.97. The molecule has 124 valence electrons. The summed E-state index contributed by atoms with van der Waals surface area (Å²) >= 11 is 0. The molecule has 2 aromatic rings. The number of rotatable bonds is 4. The van der Waals surface area contributed by atoms with Crippen LogP contribution < -0.4 is 4.74 Å². The lowest BCUT2D eigenvalue weighted by molar-refractivity contribution is -0.143. The first-order valence-corrected chi connectivity index (χ1v) is 7.71. The van der Waals surface area contributed by atoms with Crippen molar-refractivity contribution in [2.75, 3.05) is 6.61 Å². The maximum atomic E-state index is 12.0. The van der Waals surface area contributed by atoms with Crippen LogP contribution in [0.3, 0.4) is 0 Å². The first-order chi connectivity index (χ1) is 10.7. The summed E-state index contributed by atoms with van der Waals surface area (Å²) in [6.07, 6.45) is 0.191. The second kappa shape index (κ2) is 6.44. The fourth-order valence-corrected chi connectivity index (χ4v) is 2.27. The molecule has 0 aliphatic carbocycles. The molecule has 0 aliphatic rings. The molecule has 0 spiro atoms. The minimum Gasteiger partial charge on any atom is -0.466 e. The number of aromatic nitrogens is 1. The van der Waals surface area contributed by atoms with Gasteiger partial charge in [-0.25, -0.2) is 0 Å². The largest absolute Gasteiger partial charge is 0.466 e. The van der Waals surface area contributed by atoms with E-state index in [4.69, 9.17) is 9.47 Å². The van der Waals surface area contributed by atoms with Gasteiger partial charge >= 0.3 is 11.9 Å². The molecule has 1 N–H and O–H groups in total. The smallest absolute Gasteiger partial charge is 0.316 e. The third-order valence-corrected chi connectivity index (χ3v) is 3.54. The molecule has 0 atom stereocenters. The molecule has 0 radical (unpaired) electrons. The van der Waals surface area contributed by atoms with Crippen molar-refractivity contribution in [3.63, 3.8) is 0 Å². The third kappa shape index (κ3) is 3.92. The summed E-state index contributed by atoms with van der Waals surface area (Å²) in [5.41, 5.74) is 2.10. The molecule has 1 heterocycles. The summed E-state index contributed by atoms with van der Waals surface area (Å²) in [6, 6.07) is 5.38. The standard InChI is InChI=1S/C18H23NO4/c1-6-22-16(20)10-13-11(2)19-15-8-7-12(9-14(13)15)23-17(21)18(3,4)5/h7-9,19H,6,10H2,1-5H3. The van der Waals surface area contributed by atoms with Crippen LogP contribution in [0.15, 0.2) is 18.2 Å². The fraction of sp³-hybridized carbons (Fsp3) is 0.444. The molecule has 0 bridgehead atoms. The van der Waals surface area contributed by atoms with Crippen molar-refractivity contribution in [3.8, 4) is 5.75 Å². The highest BCUT2D eigenvalue weighted by Crippen LogP contribution is 2.28. The highest BCUT2D eigenvalue weighted by molar-refractivity contribution is 5.90. The average molecular weight is 317 g/mol. The Hall–Kier alpha value is -2.30. The normalized spacial score (nSPS) is 11.5. The van der Waals surface area contributed by atoms with Gasteiger partial charge in [-0.3, -0.25) is 9.59 Å². The van der Waals surface area contributed by atoms with Crippen LogP contribution in [0.25, 0.3) is 10.9 Å². The summed E-state index contributed by atoms with van der Waals surface area (Å²) in [5.74, 6) is -0.0915. The quantitative estimate of drug-likeness (QED) is 0.692. The van der Waals surface area contributed by atoms with Crippen LogP contribution in [0.2, 0.25) is 0 Å². The predicted molar refractivity (Wildman–Crippen MR) is 88.5 cm³/mol. The molecule has 0 unspecified atom stereocenters. The van der Waals surface area contributed by atoms with Gasteiger partial charge in [0.15, 0.2) is 0 Å². The van der Waals surface area contributed by atoms with E-state index in [2.05, 4.69) is 4.98 Å². The zero-order chi connectivity index (χ0) is 17.2. The summed E-state index contributed by atoms with van der Waals surface area (Å²) in [6.45, 7) is 9.47. The number of fused-ring (bicyclic) bond motifs is 1. The van der Waals surface area contributed by atoms with Gasteiger partial charge in [0.05, 0.1) is 18.4 Å². The van der Waals surface area contributed by atoms with Crippen molar-refractivity contribution in [1.29, 1.82) is 0 Å². The number of H-pyrrole nitrogens is 1. The molecule has 2 rings (SSSR count). The van der Waals surface area contributed by atoms with Crippen molar-refractivity contribution in [2.45, 2.75) is 41.0 Å². The van der Waals surface area contributed by atoms with Gasteiger partial charge in [0.2, 0.25) is 0 Å². The number of aryl methyl sites for hydroxylation is 1. The van der Waals surface area contributed by atoms with Crippen molar-refractivity contribution in [3.05, 3.63) is 29.5 Å². The van der Waals surface area contributed by atoms with Crippen molar-refractivity contribution in [2.24, 2.45) is 5.41 Å². The zero-order valence-corrected chi connectivity index (χ0v) is 14.3. The Kier molecular flexibility index (Phi) is 4.78. The fourth-order valence-electron chi connectivity index (χ4n) is 2.27. The summed E-state index contributed by atoms with van der Waals surface area (Å²) < 4.78 is 10.5. The maximum Gasteiger partial charge on any atom is 0.316 e. The first-order valence-electron chi connectivity index (χ1n) is 7.71. The van der Waals surface area contributed by atoms with E-state index in [0.29, 0.717) is 12.4 Å². The molecule has 0 saturated heterocycles. The molecule has 0 saturated carbocycles. The van der Waals surface area contributed by atoms with Crippen LogP contribution >= 0.6 is 0 Å². The van der Waals surface area contributed by atoms with E-state index in [9.17, 15) is 9.59 Å². The van der Waals surface area contributed by atoms with Crippen LogP contribution in [0.5, 0.6) is 5.75 Å². The number of carbonyl (C=O) groups is 2. The number of hydrogen-bond acceptors (Lipinski definition) is 4. The van der Waals surface area contributed by atoms with Crippen LogP contribution in [-0.2, 0) is 20.7 Å². The number of aromatic amines is 1. The van der Waals surface area contributed by atoms with E-state index in [1.165, 1.54) is 0 Å². The molecular formula is C18H23NO4. The summed E-state index contributed by atoms with van der Waals surface area (Å²) in [5, 5.41) is 0.870. The van der Waals surface area contributed by atoms with E-state index in [1.54, 1.807) is 39.8 Å². The molecule has 0 aliphatic heterocycles. The number of benzene rings is 1. The molecule has 5 nitrogen and oxygen atoms in total. The molecule has 0 fully saturated rings.